The van der Waals surface area contributed by atoms with Crippen LogP contribution in [0.25, 0.3) is 0 Å². The Kier molecular flexibility index (Phi) is 5.71. The summed E-state index contributed by atoms with van der Waals surface area (Å²) >= 11 is 1.48. The van der Waals surface area contributed by atoms with Crippen molar-refractivity contribution >= 4 is 23.6 Å². The quantitative estimate of drug-likeness (QED) is 0.777. The van der Waals surface area contributed by atoms with Gasteiger partial charge in [0, 0.05) is 23.1 Å². The summed E-state index contributed by atoms with van der Waals surface area (Å²) in [5, 5.41) is 11.7. The molecular formula is C13H17NO3S. The van der Waals surface area contributed by atoms with Gasteiger partial charge in [-0.1, -0.05) is 6.07 Å². The molecule has 0 aliphatic rings. The first-order valence-electron chi connectivity index (χ1n) is 5.74. The summed E-state index contributed by atoms with van der Waals surface area (Å²) in [7, 11) is 0. The van der Waals surface area contributed by atoms with Gasteiger partial charge in [-0.3, -0.25) is 4.79 Å². The molecule has 1 rings (SSSR count). The van der Waals surface area contributed by atoms with Crippen LogP contribution in [0.4, 0.5) is 0 Å². The molecule has 0 saturated heterocycles. The van der Waals surface area contributed by atoms with Gasteiger partial charge in [0.2, 0.25) is 5.91 Å². The van der Waals surface area contributed by atoms with Gasteiger partial charge >= 0.3 is 5.97 Å². The number of amides is 1. The predicted octanol–water partition coefficient (Wildman–Crippen LogP) is 2.39. The van der Waals surface area contributed by atoms with Crippen LogP contribution in [-0.2, 0) is 4.79 Å². The first-order valence-corrected chi connectivity index (χ1v) is 6.73. The number of thioether (sulfide) groups is 1. The van der Waals surface area contributed by atoms with Crippen molar-refractivity contribution in [2.24, 2.45) is 0 Å². The maximum Gasteiger partial charge on any atom is 0.335 e. The SMILES string of the molecule is CC(C)NC(=O)CCSc1cccc(C(=O)O)c1. The monoisotopic (exact) mass is 267 g/mol. The van der Waals surface area contributed by atoms with Crippen molar-refractivity contribution in [2.75, 3.05) is 5.75 Å². The number of carboxylic acids is 1. The molecule has 4 nitrogen and oxygen atoms in total. The molecule has 0 aliphatic carbocycles. The van der Waals surface area contributed by atoms with Crippen molar-refractivity contribution in [3.63, 3.8) is 0 Å². The lowest BCUT2D eigenvalue weighted by atomic mass is 10.2. The van der Waals surface area contributed by atoms with Gasteiger partial charge in [-0.05, 0) is 32.0 Å². The molecule has 0 aliphatic heterocycles. The second kappa shape index (κ2) is 7.06. The molecule has 18 heavy (non-hydrogen) atoms. The molecule has 0 saturated carbocycles. The number of hydrogen-bond donors (Lipinski definition) is 2. The normalized spacial score (nSPS) is 10.4. The minimum absolute atomic E-state index is 0.0203. The highest BCUT2D eigenvalue weighted by molar-refractivity contribution is 7.99. The number of aromatic carboxylic acids is 1. The minimum Gasteiger partial charge on any atom is -0.478 e. The summed E-state index contributed by atoms with van der Waals surface area (Å²) in [6.45, 7) is 3.84. The zero-order valence-corrected chi connectivity index (χ0v) is 11.3. The highest BCUT2D eigenvalue weighted by Crippen LogP contribution is 2.19. The van der Waals surface area contributed by atoms with E-state index < -0.39 is 5.97 Å². The molecular weight excluding hydrogens is 250 g/mol. The summed E-state index contributed by atoms with van der Waals surface area (Å²) in [6.07, 6.45) is 0.431. The van der Waals surface area contributed by atoms with E-state index in [4.69, 9.17) is 5.11 Å². The Morgan fingerprint density at radius 1 is 1.39 bits per heavy atom. The van der Waals surface area contributed by atoms with Crippen LogP contribution in [0, 0.1) is 0 Å². The van der Waals surface area contributed by atoms with Crippen molar-refractivity contribution in [3.05, 3.63) is 29.8 Å². The van der Waals surface area contributed by atoms with E-state index in [9.17, 15) is 9.59 Å². The van der Waals surface area contributed by atoms with E-state index >= 15 is 0 Å². The molecule has 0 heterocycles. The molecule has 5 heteroatoms. The van der Waals surface area contributed by atoms with Crippen LogP contribution >= 0.6 is 11.8 Å². The Bertz CT molecular complexity index is 432. The largest absolute Gasteiger partial charge is 0.478 e. The van der Waals surface area contributed by atoms with Crippen LogP contribution in [0.3, 0.4) is 0 Å². The lowest BCUT2D eigenvalue weighted by Gasteiger charge is -2.08. The van der Waals surface area contributed by atoms with E-state index in [1.807, 2.05) is 19.9 Å². The summed E-state index contributed by atoms with van der Waals surface area (Å²) in [5.41, 5.74) is 0.270. The summed E-state index contributed by atoms with van der Waals surface area (Å²) in [5.74, 6) is -0.274. The molecule has 1 amide bonds. The third-order valence-corrected chi connectivity index (χ3v) is 3.12. The van der Waals surface area contributed by atoms with Crippen molar-refractivity contribution in [3.8, 4) is 0 Å². The highest BCUT2D eigenvalue weighted by Gasteiger charge is 2.06. The van der Waals surface area contributed by atoms with E-state index in [0.29, 0.717) is 12.2 Å². The van der Waals surface area contributed by atoms with Crippen molar-refractivity contribution in [1.29, 1.82) is 0 Å². The first kappa shape index (κ1) is 14.6. The molecule has 98 valence electrons. The van der Waals surface area contributed by atoms with Gasteiger partial charge < -0.3 is 10.4 Å². The lowest BCUT2D eigenvalue weighted by Crippen LogP contribution is -2.30. The fraction of sp³-hybridized carbons (Fsp3) is 0.385. The standard InChI is InChI=1S/C13H17NO3S/c1-9(2)14-12(15)6-7-18-11-5-3-4-10(8-11)13(16)17/h3-5,8-9H,6-7H2,1-2H3,(H,14,15)(H,16,17). The maximum absolute atomic E-state index is 11.4. The van der Waals surface area contributed by atoms with Gasteiger partial charge in [0.1, 0.15) is 0 Å². The second-order valence-corrected chi connectivity index (χ2v) is 5.32. The summed E-state index contributed by atoms with van der Waals surface area (Å²) in [6, 6.07) is 6.88. The molecule has 0 atom stereocenters. The van der Waals surface area contributed by atoms with E-state index in [1.54, 1.807) is 18.2 Å². The van der Waals surface area contributed by atoms with Gasteiger partial charge in [0.15, 0.2) is 0 Å². The molecule has 2 N–H and O–H groups in total. The maximum atomic E-state index is 11.4. The summed E-state index contributed by atoms with van der Waals surface area (Å²) < 4.78 is 0. The zero-order valence-electron chi connectivity index (χ0n) is 10.5. The number of benzene rings is 1. The number of carboxylic acid groups (broad SMARTS) is 1. The minimum atomic E-state index is -0.935. The smallest absolute Gasteiger partial charge is 0.335 e. The van der Waals surface area contributed by atoms with Crippen LogP contribution in [-0.4, -0.2) is 28.8 Å². The average molecular weight is 267 g/mol. The first-order chi connectivity index (χ1) is 8.49. The third-order valence-electron chi connectivity index (χ3n) is 2.13. The zero-order chi connectivity index (χ0) is 13.5. The number of hydrogen-bond acceptors (Lipinski definition) is 3. The van der Waals surface area contributed by atoms with Gasteiger partial charge in [0.25, 0.3) is 0 Å². The molecule has 0 radical (unpaired) electrons. The number of rotatable bonds is 6. The van der Waals surface area contributed by atoms with Crippen LogP contribution in [0.5, 0.6) is 0 Å². The fourth-order valence-corrected chi connectivity index (χ4v) is 2.28. The molecule has 0 aromatic heterocycles. The number of carbonyl (C=O) groups is 2. The van der Waals surface area contributed by atoms with Crippen molar-refractivity contribution in [1.82, 2.24) is 5.32 Å². The van der Waals surface area contributed by atoms with Crippen molar-refractivity contribution in [2.45, 2.75) is 31.2 Å². The number of nitrogens with one attached hydrogen (secondary N) is 1. The topological polar surface area (TPSA) is 66.4 Å². The van der Waals surface area contributed by atoms with Gasteiger partial charge in [-0.25, -0.2) is 4.79 Å². The van der Waals surface area contributed by atoms with Gasteiger partial charge in [-0.15, -0.1) is 11.8 Å². The summed E-state index contributed by atoms with van der Waals surface area (Å²) in [4.78, 5) is 23.1. The molecule has 1 aromatic carbocycles. The molecule has 0 fully saturated rings. The van der Waals surface area contributed by atoms with Crippen molar-refractivity contribution < 1.29 is 14.7 Å². The third kappa shape index (κ3) is 5.23. The van der Waals surface area contributed by atoms with E-state index in [2.05, 4.69) is 5.32 Å². The molecule has 1 aromatic rings. The van der Waals surface area contributed by atoms with E-state index in [1.165, 1.54) is 11.8 Å². The molecule has 0 unspecified atom stereocenters. The molecule has 0 bridgehead atoms. The second-order valence-electron chi connectivity index (χ2n) is 4.15. The Morgan fingerprint density at radius 3 is 2.72 bits per heavy atom. The highest BCUT2D eigenvalue weighted by atomic mass is 32.2. The van der Waals surface area contributed by atoms with Crippen LogP contribution in [0.1, 0.15) is 30.6 Å². The Morgan fingerprint density at radius 2 is 2.11 bits per heavy atom. The van der Waals surface area contributed by atoms with Gasteiger partial charge in [0.05, 0.1) is 5.56 Å². The van der Waals surface area contributed by atoms with E-state index in [-0.39, 0.29) is 17.5 Å². The van der Waals surface area contributed by atoms with Crippen LogP contribution < -0.4 is 5.32 Å². The van der Waals surface area contributed by atoms with E-state index in [0.717, 1.165) is 4.90 Å². The predicted molar refractivity (Wildman–Crippen MR) is 72.0 cm³/mol. The average Bonchev–Trinajstić information content (AvgIpc) is 2.28. The Balaban J connectivity index is 2.42. The van der Waals surface area contributed by atoms with Crippen LogP contribution in [0.15, 0.2) is 29.2 Å². The Labute approximate surface area is 111 Å². The van der Waals surface area contributed by atoms with Crippen LogP contribution in [0.2, 0.25) is 0 Å². The number of carbonyl (C=O) groups excluding carboxylic acids is 1. The van der Waals surface area contributed by atoms with Gasteiger partial charge in [-0.2, -0.15) is 0 Å². The fourth-order valence-electron chi connectivity index (χ4n) is 1.37. The lowest BCUT2D eigenvalue weighted by molar-refractivity contribution is -0.121. The Hall–Kier alpha value is -1.49. The molecule has 0 spiro atoms.